The predicted octanol–water partition coefficient (Wildman–Crippen LogP) is -0.245. The minimum absolute atomic E-state index is 0. The van der Waals surface area contributed by atoms with Crippen LogP contribution in [0, 0.1) is 0 Å². The molecular weight excluding hydrogens is 205 g/mol. The van der Waals surface area contributed by atoms with Crippen LogP contribution in [0.2, 0.25) is 0 Å². The first-order chi connectivity index (χ1) is 2.00. The van der Waals surface area contributed by atoms with Crippen LogP contribution >= 0.6 is 0 Å². The van der Waals surface area contributed by atoms with Crippen molar-refractivity contribution < 1.29 is 59.3 Å². The maximum atomic E-state index is 8.12. The molecule has 0 heterocycles. The molecule has 0 rings (SSSR count). The van der Waals surface area contributed by atoms with Crippen molar-refractivity contribution in [1.29, 1.82) is 0 Å². The van der Waals surface area contributed by atoms with Crippen molar-refractivity contribution >= 4 is 0 Å². The van der Waals surface area contributed by atoms with E-state index < -0.39 is 0 Å². The fourth-order valence-electron chi connectivity index (χ4n) is 0. The molecule has 0 amide bonds. The Morgan fingerprint density at radius 3 is 1.20 bits per heavy atom. The van der Waals surface area contributed by atoms with Gasteiger partial charge in [0, 0.05) is 19.5 Å². The van der Waals surface area contributed by atoms with Crippen molar-refractivity contribution in [3.05, 3.63) is 0 Å². The molecule has 0 saturated heterocycles. The molecule has 0 N–H and O–H groups in total. The third kappa shape index (κ3) is 34.8. The fourth-order valence-corrected chi connectivity index (χ4v) is 0. The Hall–Kier alpha value is 1.28. The molecule has 0 atom stereocenters. The van der Waals surface area contributed by atoms with E-state index in [4.69, 9.17) is 7.64 Å². The molecule has 0 saturated carbocycles. The second kappa shape index (κ2) is 59.3. The summed E-state index contributed by atoms with van der Waals surface area (Å²) in [6, 6.07) is 0. The molecule has 28 valence electrons. The van der Waals surface area contributed by atoms with E-state index in [9.17, 15) is 0 Å². The zero-order valence-corrected chi connectivity index (χ0v) is 7.63. The average Bonchev–Trinajstić information content (AvgIpc) is 1.50. The number of hydrogen-bond acceptors (Lipinski definition) is 2. The Labute approximate surface area is 59.1 Å². The first-order valence-corrected chi connectivity index (χ1v) is 1.28. The Kier molecular flexibility index (Phi) is 193. The molecule has 0 unspecified atom stereocenters. The number of hydrogen-bond donors (Lipinski definition) is 0. The Balaban J connectivity index is -0.0000000133. The molecule has 0 spiro atoms. The minimum Gasteiger partial charge on any atom is 0 e. The van der Waals surface area contributed by atoms with Crippen LogP contribution in [0.5, 0.6) is 0 Å². The van der Waals surface area contributed by atoms with Crippen LogP contribution < -0.4 is 0 Å². The van der Waals surface area contributed by atoms with Crippen LogP contribution in [0.15, 0.2) is 0 Å². The fraction of sp³-hybridized carbons (Fsp3) is 0. The van der Waals surface area contributed by atoms with Gasteiger partial charge in [0.1, 0.15) is 0 Å². The van der Waals surface area contributed by atoms with Crippen molar-refractivity contribution in [3.63, 3.8) is 0 Å². The van der Waals surface area contributed by atoms with E-state index in [1.54, 1.807) is 0 Å². The summed E-state index contributed by atoms with van der Waals surface area (Å²) in [5.74, 6) is 0. The first kappa shape index (κ1) is 16.3. The van der Waals surface area contributed by atoms with Gasteiger partial charge in [-0.15, -0.1) is 0 Å². The van der Waals surface area contributed by atoms with Gasteiger partial charge in [-0.25, -0.2) is 0 Å². The maximum Gasteiger partial charge on any atom is 0 e. The monoisotopic (exact) mass is 204 g/mol. The quantitative estimate of drug-likeness (QED) is 0.511. The Morgan fingerprint density at radius 2 is 1.20 bits per heavy atom. The largest absolute Gasteiger partial charge is 0 e. The molecule has 0 aliphatic rings. The minimum atomic E-state index is 0. The van der Waals surface area contributed by atoms with Crippen LogP contribution in [-0.2, 0) is 59.3 Å². The van der Waals surface area contributed by atoms with Crippen LogP contribution in [-0.4, -0.2) is 0 Å². The molecule has 2 nitrogen and oxygen atoms in total. The van der Waals surface area contributed by atoms with Crippen LogP contribution in [0.25, 0.3) is 0 Å². The van der Waals surface area contributed by atoms with Gasteiger partial charge in [-0.1, -0.05) is 0 Å². The molecule has 0 aromatic heterocycles. The molecule has 0 aliphatic heterocycles. The second-order valence-corrected chi connectivity index (χ2v) is 0. The normalized spacial score (nSPS) is 1.80. The van der Waals surface area contributed by atoms with Crippen molar-refractivity contribution in [3.8, 4) is 0 Å². The zero-order chi connectivity index (χ0) is 4.00. The van der Waals surface area contributed by atoms with Crippen LogP contribution in [0.4, 0.5) is 0 Å². The van der Waals surface area contributed by atoms with Gasteiger partial charge in [-0.3, -0.25) is 0 Å². The van der Waals surface area contributed by atoms with Gasteiger partial charge >= 0.3 is 39.8 Å². The standard InChI is InChI=1S/Cr.Fe.2O.Zn. The van der Waals surface area contributed by atoms with Gasteiger partial charge in [-0.2, -0.15) is 0 Å². The van der Waals surface area contributed by atoms with Crippen LogP contribution in [0.3, 0.4) is 0 Å². The van der Waals surface area contributed by atoms with Crippen LogP contribution in [0.1, 0.15) is 0 Å². The summed E-state index contributed by atoms with van der Waals surface area (Å²) in [6.07, 6.45) is 0. The Morgan fingerprint density at radius 1 is 1.20 bits per heavy atom. The molecule has 5 heavy (non-hydrogen) atoms. The van der Waals surface area contributed by atoms with Gasteiger partial charge in [0.05, 0.1) is 0 Å². The van der Waals surface area contributed by atoms with Crippen molar-refractivity contribution in [2.75, 3.05) is 0 Å². The molecule has 0 aromatic carbocycles. The van der Waals surface area contributed by atoms with Gasteiger partial charge in [-0.05, 0) is 0 Å². The number of rotatable bonds is 0. The molecular formula is CrFeO2Zn. The summed E-state index contributed by atoms with van der Waals surface area (Å²) in [4.78, 5) is 0. The molecule has 0 aliphatic carbocycles. The Bertz CT molecular complexity index is 11.6. The van der Waals surface area contributed by atoms with E-state index in [1.807, 2.05) is 15.9 Å². The summed E-state index contributed by atoms with van der Waals surface area (Å²) in [7, 11) is 0. The summed E-state index contributed by atoms with van der Waals surface area (Å²) in [6.45, 7) is 0. The summed E-state index contributed by atoms with van der Waals surface area (Å²) >= 11 is 3.38. The van der Waals surface area contributed by atoms with Gasteiger partial charge in [0.15, 0.2) is 0 Å². The van der Waals surface area contributed by atoms with Gasteiger partial charge < -0.3 is 0 Å². The van der Waals surface area contributed by atoms with Crippen molar-refractivity contribution in [2.24, 2.45) is 0 Å². The predicted molar refractivity (Wildman–Crippen MR) is 1.37 cm³/mol. The summed E-state index contributed by atoms with van der Waals surface area (Å²) in [5.41, 5.74) is 0. The van der Waals surface area contributed by atoms with E-state index in [-0.39, 0.29) is 19.5 Å². The van der Waals surface area contributed by atoms with Gasteiger partial charge in [0.2, 0.25) is 0 Å². The smallest absolute Gasteiger partial charge is 0 e. The molecule has 0 bridgehead atoms. The van der Waals surface area contributed by atoms with Crippen molar-refractivity contribution in [2.45, 2.75) is 0 Å². The first-order valence-electron chi connectivity index (χ1n) is 0.311. The SMILES string of the molecule is [O]=[Cr].[O]=[Fe].[Zn]. The molecule has 0 radical (unpaired) electrons. The molecule has 0 aromatic rings. The van der Waals surface area contributed by atoms with Crippen molar-refractivity contribution in [1.82, 2.24) is 0 Å². The van der Waals surface area contributed by atoms with E-state index in [1.165, 1.54) is 16.2 Å². The molecule has 0 fully saturated rings. The van der Waals surface area contributed by atoms with E-state index in [0.29, 0.717) is 0 Å². The van der Waals surface area contributed by atoms with E-state index >= 15 is 0 Å². The average molecular weight is 205 g/mol. The summed E-state index contributed by atoms with van der Waals surface area (Å²) < 4.78 is 16.1. The second-order valence-electron chi connectivity index (χ2n) is 0. The summed E-state index contributed by atoms with van der Waals surface area (Å²) in [5, 5.41) is 0. The zero-order valence-electron chi connectivity index (χ0n) is 2.29. The third-order valence-electron chi connectivity index (χ3n) is 0. The topological polar surface area (TPSA) is 34.1 Å². The van der Waals surface area contributed by atoms with Gasteiger partial charge in [0.25, 0.3) is 0 Å². The third-order valence-corrected chi connectivity index (χ3v) is 0. The molecule has 5 heteroatoms. The van der Waals surface area contributed by atoms with E-state index in [2.05, 4.69) is 0 Å². The van der Waals surface area contributed by atoms with E-state index in [0.717, 1.165) is 0 Å². The maximum absolute atomic E-state index is 8.12.